The van der Waals surface area contributed by atoms with Gasteiger partial charge in [0.05, 0.1) is 10.5 Å². The van der Waals surface area contributed by atoms with Crippen LogP contribution in [-0.4, -0.2) is 21.8 Å². The van der Waals surface area contributed by atoms with Gasteiger partial charge in [-0.25, -0.2) is 4.79 Å². The number of aromatic carboxylic acids is 1. The highest BCUT2D eigenvalue weighted by Gasteiger charge is 2.43. The average Bonchev–Trinajstić information content (AvgIpc) is 2.81. The van der Waals surface area contributed by atoms with Gasteiger partial charge in [0.1, 0.15) is 0 Å². The minimum Gasteiger partial charge on any atom is -0.478 e. The molecule has 180 valence electrons. The molecule has 0 bridgehead atoms. The van der Waals surface area contributed by atoms with Gasteiger partial charge >= 0.3 is 5.97 Å². The van der Waals surface area contributed by atoms with Crippen LogP contribution in [0.15, 0.2) is 54.6 Å². The molecular formula is C29H29NO5. The molecule has 1 N–H and O–H groups in total. The molecule has 0 saturated heterocycles. The first-order chi connectivity index (χ1) is 16.3. The van der Waals surface area contributed by atoms with Crippen LogP contribution >= 0.6 is 0 Å². The number of nitro benzene ring substituents is 1. The summed E-state index contributed by atoms with van der Waals surface area (Å²) in [5.41, 5.74) is 4.06. The minimum atomic E-state index is -1.16. The van der Waals surface area contributed by atoms with Crippen LogP contribution in [0.5, 0.6) is 0 Å². The predicted molar refractivity (Wildman–Crippen MR) is 135 cm³/mol. The van der Waals surface area contributed by atoms with Gasteiger partial charge < -0.3 is 5.11 Å². The molecule has 0 aliphatic heterocycles. The summed E-state index contributed by atoms with van der Waals surface area (Å²) in [7, 11) is 0. The van der Waals surface area contributed by atoms with Crippen molar-refractivity contribution in [1.29, 1.82) is 0 Å². The summed E-state index contributed by atoms with van der Waals surface area (Å²) in [5.74, 6) is -1.54. The quantitative estimate of drug-likeness (QED) is 0.249. The van der Waals surface area contributed by atoms with E-state index in [0.717, 1.165) is 35.1 Å². The fourth-order valence-corrected chi connectivity index (χ4v) is 5.22. The number of carboxylic acids is 1. The highest BCUT2D eigenvalue weighted by Crippen LogP contribution is 2.52. The number of carboxylic acid groups (broad SMARTS) is 1. The van der Waals surface area contributed by atoms with E-state index >= 15 is 0 Å². The van der Waals surface area contributed by atoms with E-state index in [1.165, 1.54) is 12.1 Å². The summed E-state index contributed by atoms with van der Waals surface area (Å²) in [6.45, 7) is 10.2. The Morgan fingerprint density at radius 1 is 0.914 bits per heavy atom. The van der Waals surface area contributed by atoms with E-state index in [0.29, 0.717) is 11.1 Å². The van der Waals surface area contributed by atoms with Crippen molar-refractivity contribution in [3.63, 3.8) is 0 Å². The smallest absolute Gasteiger partial charge is 0.336 e. The second kappa shape index (κ2) is 8.45. The van der Waals surface area contributed by atoms with Gasteiger partial charge in [-0.1, -0.05) is 70.2 Å². The second-order valence-electron chi connectivity index (χ2n) is 10.6. The van der Waals surface area contributed by atoms with E-state index in [1.807, 2.05) is 0 Å². The first kappa shape index (κ1) is 24.3. The number of fused-ring (bicyclic) bond motifs is 1. The monoisotopic (exact) mass is 471 g/mol. The molecule has 6 nitrogen and oxygen atoms in total. The van der Waals surface area contributed by atoms with Crippen molar-refractivity contribution in [3.8, 4) is 11.1 Å². The lowest BCUT2D eigenvalue weighted by atomic mass is 9.61. The highest BCUT2D eigenvalue weighted by molar-refractivity contribution is 6.14. The third kappa shape index (κ3) is 4.14. The zero-order valence-corrected chi connectivity index (χ0v) is 20.6. The minimum absolute atomic E-state index is 0.0485. The SMILES string of the molecule is Cc1c(-c2ccc(C(=O)c3ccccc3C(=O)O)cc2)cc2c(c1[N+](=O)[O-])C(C)(C)CCC2(C)C. The van der Waals surface area contributed by atoms with Crippen LogP contribution in [0, 0.1) is 17.0 Å². The van der Waals surface area contributed by atoms with Gasteiger partial charge in [0, 0.05) is 22.3 Å². The van der Waals surface area contributed by atoms with Crippen molar-refractivity contribution in [2.75, 3.05) is 0 Å². The number of nitro groups is 1. The number of hydrogen-bond acceptors (Lipinski definition) is 4. The van der Waals surface area contributed by atoms with Crippen molar-refractivity contribution < 1.29 is 19.6 Å². The molecule has 0 atom stereocenters. The molecular weight excluding hydrogens is 442 g/mol. The van der Waals surface area contributed by atoms with Crippen molar-refractivity contribution in [3.05, 3.63) is 98.1 Å². The molecule has 0 radical (unpaired) electrons. The van der Waals surface area contributed by atoms with Gasteiger partial charge in [-0.05, 0) is 59.4 Å². The first-order valence-electron chi connectivity index (χ1n) is 11.7. The molecule has 6 heteroatoms. The molecule has 35 heavy (non-hydrogen) atoms. The standard InChI is InChI=1S/C29H29NO5/c1-17-22(16-23-24(25(17)30(34)35)29(4,5)15-14-28(23,2)3)18-10-12-19(13-11-18)26(31)20-8-6-7-9-21(20)27(32)33/h6-13,16H,14-15H2,1-5H3,(H,32,33). The van der Waals surface area contributed by atoms with E-state index in [2.05, 4.69) is 33.8 Å². The fourth-order valence-electron chi connectivity index (χ4n) is 5.22. The molecule has 1 aliphatic rings. The third-order valence-corrected chi connectivity index (χ3v) is 7.38. The van der Waals surface area contributed by atoms with Gasteiger partial charge in [0.2, 0.25) is 0 Å². The van der Waals surface area contributed by atoms with E-state index in [-0.39, 0.29) is 38.4 Å². The summed E-state index contributed by atoms with van der Waals surface area (Å²) < 4.78 is 0. The highest BCUT2D eigenvalue weighted by atomic mass is 16.6. The molecule has 0 fully saturated rings. The number of rotatable bonds is 5. The summed E-state index contributed by atoms with van der Waals surface area (Å²) in [6.07, 6.45) is 1.81. The summed E-state index contributed by atoms with van der Waals surface area (Å²) in [5, 5.41) is 21.7. The Labute approximate surface area is 204 Å². The Hall–Kier alpha value is -3.80. The lowest BCUT2D eigenvalue weighted by Gasteiger charge is -2.41. The van der Waals surface area contributed by atoms with Crippen LogP contribution in [0.1, 0.15) is 83.5 Å². The van der Waals surface area contributed by atoms with Crippen LogP contribution in [-0.2, 0) is 10.8 Å². The Balaban J connectivity index is 1.84. The van der Waals surface area contributed by atoms with Gasteiger partial charge in [-0.15, -0.1) is 0 Å². The van der Waals surface area contributed by atoms with Gasteiger partial charge in [-0.2, -0.15) is 0 Å². The molecule has 4 rings (SSSR count). The summed E-state index contributed by atoms with van der Waals surface area (Å²) in [6, 6.07) is 15.0. The molecule has 0 saturated carbocycles. The summed E-state index contributed by atoms with van der Waals surface area (Å²) >= 11 is 0. The van der Waals surface area contributed by atoms with Crippen LogP contribution in [0.2, 0.25) is 0 Å². The topological polar surface area (TPSA) is 97.5 Å². The molecule has 0 heterocycles. The van der Waals surface area contributed by atoms with Crippen molar-refractivity contribution >= 4 is 17.4 Å². The normalized spacial score (nSPS) is 15.8. The zero-order valence-electron chi connectivity index (χ0n) is 20.6. The predicted octanol–water partition coefficient (Wildman–Crippen LogP) is 6.85. The molecule has 3 aromatic carbocycles. The number of benzene rings is 3. The Morgan fingerprint density at radius 2 is 1.49 bits per heavy atom. The van der Waals surface area contributed by atoms with Crippen LogP contribution in [0.3, 0.4) is 0 Å². The molecule has 0 spiro atoms. The van der Waals surface area contributed by atoms with E-state index in [1.54, 1.807) is 43.3 Å². The van der Waals surface area contributed by atoms with Crippen molar-refractivity contribution in [2.45, 2.75) is 58.3 Å². The first-order valence-corrected chi connectivity index (χ1v) is 11.7. The Morgan fingerprint density at radius 3 is 2.06 bits per heavy atom. The lowest BCUT2D eigenvalue weighted by Crippen LogP contribution is -2.35. The van der Waals surface area contributed by atoms with Gasteiger partial charge in [0.15, 0.2) is 5.78 Å². The largest absolute Gasteiger partial charge is 0.478 e. The van der Waals surface area contributed by atoms with Crippen molar-refractivity contribution in [1.82, 2.24) is 0 Å². The fraction of sp³-hybridized carbons (Fsp3) is 0.310. The maximum atomic E-state index is 13.0. The number of carbonyl (C=O) groups is 2. The van der Waals surface area contributed by atoms with Crippen molar-refractivity contribution in [2.24, 2.45) is 0 Å². The molecule has 0 unspecified atom stereocenters. The van der Waals surface area contributed by atoms with Gasteiger partial charge in [0.25, 0.3) is 5.69 Å². The Kier molecular flexibility index (Phi) is 5.87. The third-order valence-electron chi connectivity index (χ3n) is 7.38. The van der Waals surface area contributed by atoms with E-state index in [9.17, 15) is 24.8 Å². The van der Waals surface area contributed by atoms with Crippen LogP contribution in [0.25, 0.3) is 11.1 Å². The number of nitrogens with zero attached hydrogens (tertiary/aromatic N) is 1. The molecule has 0 aromatic heterocycles. The average molecular weight is 472 g/mol. The second-order valence-corrected chi connectivity index (χ2v) is 10.6. The van der Waals surface area contributed by atoms with Crippen LogP contribution in [0.4, 0.5) is 5.69 Å². The lowest BCUT2D eigenvalue weighted by molar-refractivity contribution is -0.386. The maximum Gasteiger partial charge on any atom is 0.336 e. The molecule has 0 amide bonds. The van der Waals surface area contributed by atoms with Crippen LogP contribution < -0.4 is 0 Å². The number of carbonyl (C=O) groups excluding carboxylic acids is 1. The maximum absolute atomic E-state index is 13.0. The molecule has 3 aromatic rings. The Bertz CT molecular complexity index is 1370. The van der Waals surface area contributed by atoms with E-state index < -0.39 is 5.97 Å². The van der Waals surface area contributed by atoms with E-state index in [4.69, 9.17) is 0 Å². The number of hydrogen-bond donors (Lipinski definition) is 1. The summed E-state index contributed by atoms with van der Waals surface area (Å²) in [4.78, 5) is 36.6. The zero-order chi connectivity index (χ0) is 25.7. The molecule has 1 aliphatic carbocycles. The van der Waals surface area contributed by atoms with Gasteiger partial charge in [-0.3, -0.25) is 14.9 Å². The number of ketones is 1.